The van der Waals surface area contributed by atoms with E-state index in [2.05, 4.69) is 5.32 Å². The van der Waals surface area contributed by atoms with E-state index in [1.807, 2.05) is 0 Å². The maximum atomic E-state index is 12.3. The Labute approximate surface area is 164 Å². The molecular weight excluding hydrogens is 388 g/mol. The normalized spacial score (nSPS) is 11.1. The Morgan fingerprint density at radius 1 is 1.04 bits per heavy atom. The Kier molecular flexibility index (Phi) is 6.98. The third-order valence-corrected chi connectivity index (χ3v) is 6.03. The molecule has 0 heterocycles. The molecule has 27 heavy (non-hydrogen) atoms. The first kappa shape index (κ1) is 20.9. The number of nitrogens with zero attached hydrogens (tertiary/aromatic N) is 1. The van der Waals surface area contributed by atoms with Crippen LogP contribution >= 0.6 is 11.6 Å². The van der Waals surface area contributed by atoms with E-state index in [9.17, 15) is 18.0 Å². The molecule has 144 valence electrons. The zero-order valence-corrected chi connectivity index (χ0v) is 16.7. The maximum absolute atomic E-state index is 12.3. The number of nitrogens with one attached hydrogen (secondary N) is 1. The summed E-state index contributed by atoms with van der Waals surface area (Å²) in [7, 11) is -0.376. The van der Waals surface area contributed by atoms with Gasteiger partial charge in [0.05, 0.1) is 10.6 Å². The lowest BCUT2D eigenvalue weighted by Gasteiger charge is -2.17. The lowest BCUT2D eigenvalue weighted by molar-refractivity contribution is -0.130. The average molecular weight is 409 g/mol. The molecule has 0 fully saturated rings. The number of carbonyl (C=O) groups excluding carboxylic acids is 2. The molecule has 0 atom stereocenters. The summed E-state index contributed by atoms with van der Waals surface area (Å²) in [5.74, 6) is -0.728. The number of amides is 2. The number of hydrogen-bond acceptors (Lipinski definition) is 4. The fourth-order valence-corrected chi connectivity index (χ4v) is 3.80. The van der Waals surface area contributed by atoms with Crippen molar-refractivity contribution >= 4 is 33.3 Å². The van der Waals surface area contributed by atoms with Gasteiger partial charge in [-0.15, -0.1) is 0 Å². The molecule has 0 saturated heterocycles. The second-order valence-electron chi connectivity index (χ2n) is 6.05. The Morgan fingerprint density at radius 2 is 1.63 bits per heavy atom. The number of benzene rings is 2. The van der Waals surface area contributed by atoms with Crippen molar-refractivity contribution in [3.05, 3.63) is 64.7 Å². The van der Waals surface area contributed by atoms with Crippen molar-refractivity contribution in [3.63, 3.8) is 0 Å². The standard InChI is InChI=1S/C19H21ClN2O4S/c1-21-19(24)15-5-3-14(4-6-15)13-22(2)18(23)11-12-27(25,26)17-9-7-16(20)8-10-17/h3-10H,11-13H2,1-2H3,(H,21,24). The molecule has 0 unspecified atom stereocenters. The van der Waals surface area contributed by atoms with Crippen LogP contribution in [0.15, 0.2) is 53.4 Å². The summed E-state index contributed by atoms with van der Waals surface area (Å²) < 4.78 is 24.6. The van der Waals surface area contributed by atoms with Crippen molar-refractivity contribution in [1.29, 1.82) is 0 Å². The molecule has 0 saturated carbocycles. The van der Waals surface area contributed by atoms with Crippen molar-refractivity contribution in [2.24, 2.45) is 0 Å². The lowest BCUT2D eigenvalue weighted by Crippen LogP contribution is -2.28. The van der Waals surface area contributed by atoms with Crippen molar-refractivity contribution in [3.8, 4) is 0 Å². The van der Waals surface area contributed by atoms with Crippen molar-refractivity contribution in [2.75, 3.05) is 19.8 Å². The van der Waals surface area contributed by atoms with E-state index in [-0.39, 0.29) is 28.9 Å². The maximum Gasteiger partial charge on any atom is 0.251 e. The van der Waals surface area contributed by atoms with Crippen LogP contribution in [-0.4, -0.2) is 45.0 Å². The summed E-state index contributed by atoms with van der Waals surface area (Å²) in [6.45, 7) is 0.327. The highest BCUT2D eigenvalue weighted by Crippen LogP contribution is 2.16. The van der Waals surface area contributed by atoms with Gasteiger partial charge < -0.3 is 10.2 Å². The fourth-order valence-electron chi connectivity index (χ4n) is 2.44. The minimum Gasteiger partial charge on any atom is -0.355 e. The summed E-state index contributed by atoms with van der Waals surface area (Å²) in [5.41, 5.74) is 1.38. The Morgan fingerprint density at radius 3 is 2.19 bits per heavy atom. The molecule has 8 heteroatoms. The van der Waals surface area contributed by atoms with E-state index >= 15 is 0 Å². The van der Waals surface area contributed by atoms with Crippen LogP contribution in [0.4, 0.5) is 0 Å². The predicted molar refractivity (Wildman–Crippen MR) is 104 cm³/mol. The van der Waals surface area contributed by atoms with Crippen LogP contribution in [0.3, 0.4) is 0 Å². The van der Waals surface area contributed by atoms with Crippen LogP contribution < -0.4 is 5.32 Å². The monoisotopic (exact) mass is 408 g/mol. The molecule has 1 N–H and O–H groups in total. The number of carbonyl (C=O) groups is 2. The highest BCUT2D eigenvalue weighted by molar-refractivity contribution is 7.91. The molecule has 0 aliphatic heterocycles. The van der Waals surface area contributed by atoms with E-state index < -0.39 is 9.84 Å². The van der Waals surface area contributed by atoms with Gasteiger partial charge >= 0.3 is 0 Å². The number of rotatable bonds is 7. The third-order valence-electron chi connectivity index (χ3n) is 4.05. The van der Waals surface area contributed by atoms with E-state index in [1.165, 1.54) is 29.2 Å². The zero-order valence-electron chi connectivity index (χ0n) is 15.1. The summed E-state index contributed by atoms with van der Waals surface area (Å²) >= 11 is 5.77. The molecule has 2 aromatic rings. The number of sulfone groups is 1. The van der Waals surface area contributed by atoms with E-state index in [4.69, 9.17) is 11.6 Å². The molecular formula is C19H21ClN2O4S. The molecule has 0 aliphatic carbocycles. The molecule has 2 aromatic carbocycles. The van der Waals surface area contributed by atoms with Crippen LogP contribution in [0.5, 0.6) is 0 Å². The minimum absolute atomic E-state index is 0.113. The Hall–Kier alpha value is -2.38. The molecule has 2 amide bonds. The van der Waals surface area contributed by atoms with Gasteiger partial charge in [-0.05, 0) is 42.0 Å². The first-order chi connectivity index (χ1) is 12.7. The van der Waals surface area contributed by atoms with Gasteiger partial charge in [-0.25, -0.2) is 8.42 Å². The van der Waals surface area contributed by atoms with E-state index in [0.717, 1.165) is 5.56 Å². The summed E-state index contributed by atoms with van der Waals surface area (Å²) in [6.07, 6.45) is -0.113. The highest BCUT2D eigenvalue weighted by atomic mass is 35.5. The molecule has 0 aromatic heterocycles. The molecule has 0 bridgehead atoms. The summed E-state index contributed by atoms with van der Waals surface area (Å²) in [6, 6.07) is 12.8. The molecule has 2 rings (SSSR count). The summed E-state index contributed by atoms with van der Waals surface area (Å²) in [5, 5.41) is 2.99. The topological polar surface area (TPSA) is 83.6 Å². The van der Waals surface area contributed by atoms with Gasteiger partial charge in [0.1, 0.15) is 0 Å². The first-order valence-electron chi connectivity index (χ1n) is 8.26. The van der Waals surface area contributed by atoms with Crippen LogP contribution in [0.1, 0.15) is 22.3 Å². The van der Waals surface area contributed by atoms with Gasteiger partial charge in [0.25, 0.3) is 5.91 Å². The fraction of sp³-hybridized carbons (Fsp3) is 0.263. The van der Waals surface area contributed by atoms with Gasteiger partial charge in [0.2, 0.25) is 5.91 Å². The smallest absolute Gasteiger partial charge is 0.251 e. The zero-order chi connectivity index (χ0) is 20.0. The third kappa shape index (κ3) is 5.80. The average Bonchev–Trinajstić information content (AvgIpc) is 2.66. The second kappa shape index (κ2) is 9.01. The molecule has 6 nitrogen and oxygen atoms in total. The number of hydrogen-bond donors (Lipinski definition) is 1. The van der Waals surface area contributed by atoms with Crippen molar-refractivity contribution < 1.29 is 18.0 Å². The highest BCUT2D eigenvalue weighted by Gasteiger charge is 2.18. The Balaban J connectivity index is 1.93. The van der Waals surface area contributed by atoms with E-state index in [1.54, 1.807) is 38.4 Å². The Bertz CT molecular complexity index is 910. The van der Waals surface area contributed by atoms with Crippen LogP contribution in [0, 0.1) is 0 Å². The minimum atomic E-state index is -3.55. The molecule has 0 aliphatic rings. The lowest BCUT2D eigenvalue weighted by atomic mass is 10.1. The van der Waals surface area contributed by atoms with Crippen molar-refractivity contribution in [2.45, 2.75) is 17.9 Å². The summed E-state index contributed by atoms with van der Waals surface area (Å²) in [4.78, 5) is 25.4. The largest absolute Gasteiger partial charge is 0.355 e. The van der Waals surface area contributed by atoms with Gasteiger partial charge in [-0.3, -0.25) is 9.59 Å². The van der Waals surface area contributed by atoms with E-state index in [0.29, 0.717) is 17.1 Å². The molecule has 0 spiro atoms. The number of halogens is 1. The first-order valence-corrected chi connectivity index (χ1v) is 10.3. The second-order valence-corrected chi connectivity index (χ2v) is 8.59. The van der Waals surface area contributed by atoms with Crippen LogP contribution in [0.2, 0.25) is 5.02 Å². The van der Waals surface area contributed by atoms with Gasteiger partial charge in [0, 0.05) is 37.6 Å². The van der Waals surface area contributed by atoms with Crippen LogP contribution in [-0.2, 0) is 21.2 Å². The predicted octanol–water partition coefficient (Wildman–Crippen LogP) is 2.52. The SMILES string of the molecule is CNC(=O)c1ccc(CN(C)C(=O)CCS(=O)(=O)c2ccc(Cl)cc2)cc1. The molecule has 0 radical (unpaired) electrons. The van der Waals surface area contributed by atoms with Gasteiger partial charge in [0.15, 0.2) is 9.84 Å². The van der Waals surface area contributed by atoms with Crippen LogP contribution in [0.25, 0.3) is 0 Å². The van der Waals surface area contributed by atoms with Gasteiger partial charge in [-0.2, -0.15) is 0 Å². The van der Waals surface area contributed by atoms with Gasteiger partial charge in [-0.1, -0.05) is 23.7 Å². The quantitative estimate of drug-likeness (QED) is 0.763. The van der Waals surface area contributed by atoms with Crippen molar-refractivity contribution in [1.82, 2.24) is 10.2 Å².